The summed E-state index contributed by atoms with van der Waals surface area (Å²) >= 11 is 0.855. The Morgan fingerprint density at radius 3 is 1.58 bits per heavy atom. The van der Waals surface area contributed by atoms with Crippen molar-refractivity contribution in [1.29, 1.82) is 0 Å². The first-order chi connectivity index (χ1) is 5.39. The molecule has 4 nitrogen and oxygen atoms in total. The van der Waals surface area contributed by atoms with Gasteiger partial charge in [-0.05, 0) is 0 Å². The van der Waals surface area contributed by atoms with E-state index in [4.69, 9.17) is 19.2 Å². The Morgan fingerprint density at radius 1 is 1.08 bits per heavy atom. The van der Waals surface area contributed by atoms with Crippen LogP contribution in [0.2, 0.25) is 0 Å². The fourth-order valence-electron chi connectivity index (χ4n) is 0.534. The molecule has 1 aromatic rings. The van der Waals surface area contributed by atoms with Crippen molar-refractivity contribution in [2.24, 2.45) is 0 Å². The predicted octanol–water partition coefficient (Wildman–Crippen LogP) is -0.448. The summed E-state index contributed by atoms with van der Waals surface area (Å²) in [5.41, 5.74) is 0. The molecule has 0 heterocycles. The first-order valence-electron chi connectivity index (χ1n) is 3.19. The van der Waals surface area contributed by atoms with Gasteiger partial charge in [0.05, 0.1) is 0 Å². The van der Waals surface area contributed by atoms with Crippen LogP contribution in [0.25, 0.3) is 0 Å². The summed E-state index contributed by atoms with van der Waals surface area (Å²) in [7, 11) is -4.64. The van der Waals surface area contributed by atoms with Gasteiger partial charge in [-0.2, -0.15) is 0 Å². The molecule has 0 amide bonds. The van der Waals surface area contributed by atoms with E-state index in [0.29, 0.717) is 0 Å². The van der Waals surface area contributed by atoms with Gasteiger partial charge in [-0.25, -0.2) is 4.57 Å². The summed E-state index contributed by atoms with van der Waals surface area (Å²) in [6.07, 6.45) is 0. The van der Waals surface area contributed by atoms with E-state index >= 15 is 0 Å². The normalized spacial score (nSPS) is 10.1. The van der Waals surface area contributed by atoms with Gasteiger partial charge in [0.25, 0.3) is 0 Å². The standard InChI is InChI=1S/C6H5.K.H3O4P/c1-2-4-6-5-3-1;;1-5(2,3)4/h1-5H;;(H3,1,2,3,4). The zero-order valence-electron chi connectivity index (χ0n) is 6.58. The summed E-state index contributed by atoms with van der Waals surface area (Å²) < 4.78 is 10.4. The summed E-state index contributed by atoms with van der Waals surface area (Å²) in [4.78, 5) is 21.6. The molecule has 0 aliphatic rings. The van der Waals surface area contributed by atoms with Crippen molar-refractivity contribution < 1.29 is 19.2 Å². The van der Waals surface area contributed by atoms with E-state index in [2.05, 4.69) is 30.3 Å². The maximum absolute atomic E-state index is 8.88. The molecule has 0 spiro atoms. The van der Waals surface area contributed by atoms with Crippen molar-refractivity contribution >= 4 is 56.4 Å². The van der Waals surface area contributed by atoms with Crippen LogP contribution in [0.5, 0.6) is 0 Å². The number of hydrogen-bond acceptors (Lipinski definition) is 1. The maximum atomic E-state index is 8.88. The van der Waals surface area contributed by atoms with Gasteiger partial charge in [-0.1, -0.05) is 0 Å². The Balaban J connectivity index is 0.000000217. The molecule has 0 radical (unpaired) electrons. The second-order valence-electron chi connectivity index (χ2n) is 2.17. The zero-order chi connectivity index (χ0) is 9.61. The van der Waals surface area contributed by atoms with Gasteiger partial charge in [-0.3, -0.25) is 0 Å². The van der Waals surface area contributed by atoms with E-state index in [-0.39, 0.29) is 0 Å². The van der Waals surface area contributed by atoms with Crippen molar-refractivity contribution in [3.63, 3.8) is 0 Å². The van der Waals surface area contributed by atoms with Crippen molar-refractivity contribution in [3.05, 3.63) is 30.3 Å². The molecule has 6 heteroatoms. The second-order valence-corrected chi connectivity index (χ2v) is 5.00. The minimum absolute atomic E-state index is 0.855. The summed E-state index contributed by atoms with van der Waals surface area (Å²) in [5.74, 6) is 0. The molecule has 0 fully saturated rings. The molecule has 62 valence electrons. The Bertz CT molecular complexity index is 249. The first kappa shape index (κ1) is 13.0. The summed E-state index contributed by atoms with van der Waals surface area (Å²) in [6, 6.07) is 10.6. The molecule has 0 aliphatic heterocycles. The van der Waals surface area contributed by atoms with Gasteiger partial charge in [0.15, 0.2) is 0 Å². The quantitative estimate of drug-likeness (QED) is 0.404. The van der Waals surface area contributed by atoms with Crippen LogP contribution < -0.4 is -0.342 Å². The van der Waals surface area contributed by atoms with Crippen LogP contribution in [0.4, 0.5) is 0 Å². The number of hydrogen-bond donors (Lipinski definition) is 3. The van der Waals surface area contributed by atoms with Gasteiger partial charge in [0, 0.05) is 0 Å². The molecule has 1 aromatic carbocycles. The van der Waals surface area contributed by atoms with Crippen LogP contribution in [0.1, 0.15) is 0 Å². The van der Waals surface area contributed by atoms with E-state index in [9.17, 15) is 0 Å². The molecule has 0 aromatic heterocycles. The Labute approximate surface area is 104 Å². The van der Waals surface area contributed by atoms with Crippen LogP contribution in [-0.4, -0.2) is 63.6 Å². The Morgan fingerprint density at radius 2 is 1.42 bits per heavy atom. The molecule has 0 aliphatic carbocycles. The van der Waals surface area contributed by atoms with Crippen molar-refractivity contribution in [2.45, 2.75) is 0 Å². The van der Waals surface area contributed by atoms with Crippen LogP contribution in [0.3, 0.4) is 0 Å². The van der Waals surface area contributed by atoms with E-state index in [1.165, 1.54) is -0.342 Å². The molecule has 0 unspecified atom stereocenters. The average Bonchev–Trinajstić information content (AvgIpc) is 1.85. The number of benzene rings is 1. The van der Waals surface area contributed by atoms with E-state index in [1.807, 2.05) is 0 Å². The SMILES string of the molecule is O=P(O)(O)O.[K][c]1ccccc1. The van der Waals surface area contributed by atoms with Crippen molar-refractivity contribution in [1.82, 2.24) is 0 Å². The van der Waals surface area contributed by atoms with E-state index in [1.54, 1.807) is 0 Å². The second kappa shape index (κ2) is 6.42. The summed E-state index contributed by atoms with van der Waals surface area (Å²) in [6.45, 7) is 0. The Kier molecular flexibility index (Phi) is 6.94. The van der Waals surface area contributed by atoms with Crippen LogP contribution in [-0.2, 0) is 4.57 Å². The van der Waals surface area contributed by atoms with Crippen LogP contribution in [0, 0.1) is 0 Å². The van der Waals surface area contributed by atoms with Crippen LogP contribution in [0.15, 0.2) is 30.3 Å². The Hall–Kier alpha value is 0.966. The third-order valence-corrected chi connectivity index (χ3v) is 1.98. The third kappa shape index (κ3) is 13.5. The van der Waals surface area contributed by atoms with Crippen molar-refractivity contribution in [2.75, 3.05) is 0 Å². The van der Waals surface area contributed by atoms with Gasteiger partial charge in [0.1, 0.15) is 0 Å². The molecular formula is C6H8KO4P. The zero-order valence-corrected chi connectivity index (χ0v) is 10.6. The number of rotatable bonds is 0. The number of phosphoric acid groups is 1. The minimum atomic E-state index is -4.64. The average molecular weight is 214 g/mol. The van der Waals surface area contributed by atoms with E-state index in [0.717, 1.165) is 49.0 Å². The monoisotopic (exact) mass is 214 g/mol. The van der Waals surface area contributed by atoms with Gasteiger partial charge < -0.3 is 14.7 Å². The third-order valence-electron chi connectivity index (χ3n) is 0.940. The van der Waals surface area contributed by atoms with Crippen LogP contribution >= 0.6 is 7.82 Å². The molecule has 12 heavy (non-hydrogen) atoms. The van der Waals surface area contributed by atoms with Gasteiger partial charge >= 0.3 is 86.8 Å². The fraction of sp³-hybridized carbons (Fsp3) is 0. The first-order valence-corrected chi connectivity index (χ1v) is 6.32. The predicted molar refractivity (Wildman–Crippen MR) is 46.1 cm³/mol. The summed E-state index contributed by atoms with van der Waals surface area (Å²) in [5, 5.41) is 0. The van der Waals surface area contributed by atoms with E-state index < -0.39 is 7.82 Å². The molecular weight excluding hydrogens is 206 g/mol. The molecule has 3 N–H and O–H groups in total. The van der Waals surface area contributed by atoms with Gasteiger partial charge in [0.2, 0.25) is 0 Å². The molecule has 0 saturated heterocycles. The molecule has 0 atom stereocenters. The van der Waals surface area contributed by atoms with Crippen molar-refractivity contribution in [3.8, 4) is 0 Å². The molecule has 0 bridgehead atoms. The fourth-order valence-corrected chi connectivity index (χ4v) is 1.14. The van der Waals surface area contributed by atoms with Gasteiger partial charge in [-0.15, -0.1) is 0 Å². The molecule has 0 saturated carbocycles. The molecule has 1 rings (SSSR count). The topological polar surface area (TPSA) is 77.8 Å².